The van der Waals surface area contributed by atoms with E-state index in [0.29, 0.717) is 54.7 Å². The number of halogens is 4. The van der Waals surface area contributed by atoms with Crippen LogP contribution in [0.25, 0.3) is 0 Å². The van der Waals surface area contributed by atoms with Crippen molar-refractivity contribution in [1.82, 2.24) is 5.32 Å². The van der Waals surface area contributed by atoms with Gasteiger partial charge in [-0.15, -0.1) is 0 Å². The second-order valence-corrected chi connectivity index (χ2v) is 15.9. The molecular formula is C31H36F3IN2O9S. The molecule has 2 amide bonds. The predicted octanol–water partition coefficient (Wildman–Crippen LogP) is 5.26. The van der Waals surface area contributed by atoms with Crippen LogP contribution in [-0.4, -0.2) is 69.0 Å². The van der Waals surface area contributed by atoms with Gasteiger partial charge in [0.05, 0.1) is 54.3 Å². The zero-order chi connectivity index (χ0) is 34.7. The number of sulfone groups is 1. The van der Waals surface area contributed by atoms with Crippen LogP contribution in [0.4, 0.5) is 18.9 Å². The first-order valence-corrected chi connectivity index (χ1v) is 17.3. The maximum Gasteiger partial charge on any atom is 0.398 e. The van der Waals surface area contributed by atoms with Gasteiger partial charge in [0.15, 0.2) is 11.6 Å². The smallest absolute Gasteiger partial charge is 0.398 e. The summed E-state index contributed by atoms with van der Waals surface area (Å²) in [4.78, 5) is 38.5. The van der Waals surface area contributed by atoms with Crippen molar-refractivity contribution in [1.29, 1.82) is 0 Å². The molecule has 0 bridgehead atoms. The van der Waals surface area contributed by atoms with Crippen molar-refractivity contribution in [2.24, 2.45) is 11.3 Å². The number of hydrogen-bond acceptors (Lipinski definition) is 9. The molecule has 0 saturated heterocycles. The third-order valence-electron chi connectivity index (χ3n) is 8.76. The molecule has 2 aromatic rings. The van der Waals surface area contributed by atoms with Gasteiger partial charge in [-0.3, -0.25) is 14.4 Å². The molecule has 16 heteroatoms. The molecule has 11 nitrogen and oxygen atoms in total. The van der Waals surface area contributed by atoms with Gasteiger partial charge < -0.3 is 29.6 Å². The van der Waals surface area contributed by atoms with E-state index in [4.69, 9.17) is 18.9 Å². The first kappa shape index (κ1) is 36.7. The molecule has 2 aromatic carbocycles. The van der Waals surface area contributed by atoms with Crippen LogP contribution in [-0.2, 0) is 28.9 Å². The first-order chi connectivity index (χ1) is 22.0. The van der Waals surface area contributed by atoms with Crippen LogP contribution >= 0.6 is 22.6 Å². The van der Waals surface area contributed by atoms with Crippen molar-refractivity contribution >= 4 is 55.9 Å². The summed E-state index contributed by atoms with van der Waals surface area (Å²) < 4.78 is 84.5. The maximum atomic E-state index is 15.1. The van der Waals surface area contributed by atoms with Crippen molar-refractivity contribution < 1.29 is 54.9 Å². The molecule has 0 aliphatic heterocycles. The van der Waals surface area contributed by atoms with Crippen LogP contribution in [0.2, 0.25) is 0 Å². The average molecular weight is 797 g/mol. The highest BCUT2D eigenvalue weighted by molar-refractivity contribution is 14.1. The van der Waals surface area contributed by atoms with E-state index in [2.05, 4.69) is 10.6 Å². The molecule has 4 rings (SSSR count). The first-order valence-electron chi connectivity index (χ1n) is 14.7. The van der Waals surface area contributed by atoms with Crippen molar-refractivity contribution in [3.05, 3.63) is 47.8 Å². The van der Waals surface area contributed by atoms with Crippen LogP contribution in [0.5, 0.6) is 11.5 Å². The van der Waals surface area contributed by atoms with Crippen LogP contribution in [0, 0.1) is 17.2 Å². The molecule has 0 spiro atoms. The number of ether oxygens (including phenoxy) is 4. The lowest BCUT2D eigenvalue weighted by molar-refractivity contribution is -0.154. The summed E-state index contributed by atoms with van der Waals surface area (Å²) in [6, 6.07) is 5.89. The summed E-state index contributed by atoms with van der Waals surface area (Å²) in [5, 5.41) is 5.35. The number of amides is 2. The van der Waals surface area contributed by atoms with E-state index in [1.54, 1.807) is 0 Å². The summed E-state index contributed by atoms with van der Waals surface area (Å²) in [6.45, 7) is 1.81. The Hall–Kier alpha value is -3.12. The molecule has 3 atom stereocenters. The van der Waals surface area contributed by atoms with Gasteiger partial charge in [0, 0.05) is 41.5 Å². The Kier molecular flexibility index (Phi) is 11.4. The highest BCUT2D eigenvalue weighted by Gasteiger charge is 2.44. The van der Waals surface area contributed by atoms with Crippen molar-refractivity contribution in [3.8, 4) is 11.5 Å². The SMILES string of the molecule is COc1cc(F)c(O[C@H]2CC[C@@](C)(C(=O)OC)CC2)cc1C(=O)N[C@@H]1[C@@H](OC)CC[C@@H]1C(=O)Nc1cccc(S(=O)(=O)C(F)(F)I)c1. The standard InChI is InChI=1S/C31H36F3IN2O9S/c1-30(29(40)45-4)12-10-18(11-13-30)46-25-15-21(24(44-3)16-22(25)32)28(39)37-26-20(8-9-23(26)43-2)27(38)36-17-6-5-7-19(14-17)47(41,42)31(33,34)35/h5-7,14-16,18,20,23,26H,8-13H2,1-4H3,(H,36,38)(H,37,39)/t18-,20-,23-,26-,30+/m0/s1. The molecule has 0 heterocycles. The molecule has 2 N–H and O–H groups in total. The zero-order valence-electron chi connectivity index (χ0n) is 26.1. The van der Waals surface area contributed by atoms with Crippen molar-refractivity contribution in [2.45, 2.75) is 71.9 Å². The van der Waals surface area contributed by atoms with E-state index < -0.39 is 65.2 Å². The molecule has 2 aliphatic rings. The lowest BCUT2D eigenvalue weighted by Gasteiger charge is -2.35. The van der Waals surface area contributed by atoms with Gasteiger partial charge in [0.25, 0.3) is 15.7 Å². The Morgan fingerprint density at radius 1 is 1.00 bits per heavy atom. The number of alkyl halides is 3. The van der Waals surface area contributed by atoms with Crippen molar-refractivity contribution in [3.63, 3.8) is 0 Å². The van der Waals surface area contributed by atoms with Gasteiger partial charge >= 0.3 is 9.23 Å². The Balaban J connectivity index is 1.51. The number of hydrogen-bond donors (Lipinski definition) is 2. The number of rotatable bonds is 11. The van der Waals surface area contributed by atoms with Gasteiger partial charge in [-0.1, -0.05) is 6.07 Å². The fourth-order valence-corrected chi connectivity index (χ4v) is 7.57. The Bertz CT molecular complexity index is 1610. The number of benzene rings is 2. The fraction of sp³-hybridized carbons (Fsp3) is 0.516. The number of esters is 1. The third-order valence-corrected chi connectivity index (χ3v) is 12.0. The predicted molar refractivity (Wildman–Crippen MR) is 172 cm³/mol. The third kappa shape index (κ3) is 7.96. The van der Waals surface area contributed by atoms with E-state index in [9.17, 15) is 31.6 Å². The molecule has 0 unspecified atom stereocenters. The van der Waals surface area contributed by atoms with E-state index in [-0.39, 0.29) is 35.1 Å². The maximum absolute atomic E-state index is 15.1. The van der Waals surface area contributed by atoms with E-state index in [1.807, 2.05) is 6.92 Å². The summed E-state index contributed by atoms with van der Waals surface area (Å²) in [6.07, 6.45) is 1.53. The summed E-state index contributed by atoms with van der Waals surface area (Å²) in [5.41, 5.74) is -0.748. The average Bonchev–Trinajstić information content (AvgIpc) is 3.44. The number of carbonyl (C=O) groups excluding carboxylic acids is 3. The van der Waals surface area contributed by atoms with Gasteiger partial charge in [0.2, 0.25) is 5.91 Å². The minimum Gasteiger partial charge on any atom is -0.496 e. The van der Waals surface area contributed by atoms with Crippen molar-refractivity contribution in [2.75, 3.05) is 26.6 Å². The van der Waals surface area contributed by atoms with Gasteiger partial charge in [-0.05, 0) is 69.7 Å². The minimum absolute atomic E-state index is 0.0284. The van der Waals surface area contributed by atoms with E-state index in [0.717, 1.165) is 18.2 Å². The van der Waals surface area contributed by atoms with Crippen LogP contribution in [0.1, 0.15) is 55.8 Å². The number of methoxy groups -OCH3 is 3. The second kappa shape index (κ2) is 14.6. The highest BCUT2D eigenvalue weighted by Crippen LogP contribution is 2.40. The quantitative estimate of drug-likeness (QED) is 0.177. The Morgan fingerprint density at radius 2 is 1.68 bits per heavy atom. The molecule has 2 aliphatic carbocycles. The molecule has 2 fully saturated rings. The molecule has 2 saturated carbocycles. The van der Waals surface area contributed by atoms with E-state index >= 15 is 4.39 Å². The van der Waals surface area contributed by atoms with Crippen LogP contribution < -0.4 is 20.1 Å². The van der Waals surface area contributed by atoms with Gasteiger partial charge in [0.1, 0.15) is 5.75 Å². The van der Waals surface area contributed by atoms with Gasteiger partial charge in [-0.25, -0.2) is 12.8 Å². The monoisotopic (exact) mass is 796 g/mol. The Morgan fingerprint density at radius 3 is 2.28 bits per heavy atom. The molecule has 0 aromatic heterocycles. The van der Waals surface area contributed by atoms with E-state index in [1.165, 1.54) is 39.5 Å². The second-order valence-electron chi connectivity index (χ2n) is 11.8. The molecule has 0 radical (unpaired) electrons. The normalized spacial score (nSPS) is 24.7. The highest BCUT2D eigenvalue weighted by atomic mass is 127. The summed E-state index contributed by atoms with van der Waals surface area (Å²) in [5.74, 6) is -3.48. The molecule has 47 heavy (non-hydrogen) atoms. The number of nitrogens with one attached hydrogen (secondary N) is 2. The molecular weight excluding hydrogens is 760 g/mol. The van der Waals surface area contributed by atoms with Crippen LogP contribution in [0.3, 0.4) is 0 Å². The topological polar surface area (TPSA) is 146 Å². The minimum atomic E-state index is -5.00. The van der Waals surface area contributed by atoms with Gasteiger partial charge in [-0.2, -0.15) is 8.78 Å². The number of anilines is 1. The Labute approximate surface area is 284 Å². The lowest BCUT2D eigenvalue weighted by atomic mass is 9.75. The summed E-state index contributed by atoms with van der Waals surface area (Å²) in [7, 11) is -0.979. The van der Waals surface area contributed by atoms with Crippen LogP contribution in [0.15, 0.2) is 41.3 Å². The fourth-order valence-electron chi connectivity index (χ4n) is 6.00. The molecule has 258 valence electrons. The largest absolute Gasteiger partial charge is 0.496 e. The zero-order valence-corrected chi connectivity index (χ0v) is 29.1. The lowest BCUT2D eigenvalue weighted by Crippen LogP contribution is -2.48. The number of carbonyl (C=O) groups is 3. The summed E-state index contributed by atoms with van der Waals surface area (Å²) >= 11 is 0.527.